The fourth-order valence-corrected chi connectivity index (χ4v) is 1.66. The first-order valence-electron chi connectivity index (χ1n) is 5.22. The summed E-state index contributed by atoms with van der Waals surface area (Å²) in [6.45, 7) is 3.65. The Kier molecular flexibility index (Phi) is 2.69. The lowest BCUT2D eigenvalue weighted by atomic mass is 9.94. The zero-order valence-electron chi connectivity index (χ0n) is 9.89. The number of hydrogen-bond acceptors (Lipinski definition) is 8. The molecule has 2 heterocycles. The summed E-state index contributed by atoms with van der Waals surface area (Å²) < 4.78 is 1.97. The van der Waals surface area contributed by atoms with E-state index in [0.29, 0.717) is 11.6 Å². The second-order valence-electron chi connectivity index (χ2n) is 4.03. The third-order valence-electron chi connectivity index (χ3n) is 2.97. The predicted octanol–water partition coefficient (Wildman–Crippen LogP) is -1.38. The molecule has 2 atom stereocenters. The number of hydrogen-bond donors (Lipinski definition) is 4. The molecule has 0 bridgehead atoms. The minimum atomic E-state index is -0.374. The van der Waals surface area contributed by atoms with Crippen molar-refractivity contribution in [3.05, 3.63) is 11.6 Å². The summed E-state index contributed by atoms with van der Waals surface area (Å²) in [5.41, 5.74) is 0. The zero-order valence-corrected chi connectivity index (χ0v) is 9.89. The smallest absolute Gasteiger partial charge is 0.333 e. The molecule has 2 rings (SSSR count). The highest BCUT2D eigenvalue weighted by atomic mass is 16.3. The van der Waals surface area contributed by atoms with Crippen LogP contribution in [0.15, 0.2) is 0 Å². The van der Waals surface area contributed by atoms with E-state index in [1.807, 2.05) is 13.8 Å². The van der Waals surface area contributed by atoms with E-state index in [4.69, 9.17) is 11.7 Å². The summed E-state index contributed by atoms with van der Waals surface area (Å²) in [6.07, 6.45) is 0. The Morgan fingerprint density at radius 1 is 0.833 bits per heavy atom. The summed E-state index contributed by atoms with van der Waals surface area (Å²) in [5.74, 6) is 11.5. The molecule has 98 valence electrons. The second kappa shape index (κ2) is 4.05. The average molecular weight is 254 g/mol. The van der Waals surface area contributed by atoms with Gasteiger partial charge < -0.3 is 21.9 Å². The molecule has 10 heteroatoms. The average Bonchev–Trinajstić information content (AvgIpc) is 2.84. The van der Waals surface area contributed by atoms with E-state index in [-0.39, 0.29) is 23.9 Å². The van der Waals surface area contributed by atoms with Gasteiger partial charge in [-0.2, -0.15) is 9.35 Å². The van der Waals surface area contributed by atoms with Crippen molar-refractivity contribution in [3.8, 4) is 12.0 Å². The standard InChI is InChI=1S/C8H14N8O2/c1-3(5-11-13-7(17)15(5)9)4(2)6-12-14-8(18)16(6)10/h3-4H,9-10H2,1-2H3,(H,13,17)(H,14,18). The Labute approximate surface area is 102 Å². The molecular weight excluding hydrogens is 240 g/mol. The maximum atomic E-state index is 9.27. The Bertz CT molecular complexity index is 511. The third kappa shape index (κ3) is 1.67. The van der Waals surface area contributed by atoms with Crippen molar-refractivity contribution in [2.75, 3.05) is 11.7 Å². The van der Waals surface area contributed by atoms with E-state index in [0.717, 1.165) is 9.35 Å². The van der Waals surface area contributed by atoms with Crippen molar-refractivity contribution in [2.45, 2.75) is 25.7 Å². The first kappa shape index (κ1) is 12.0. The molecule has 2 aromatic rings. The number of nitrogens with zero attached hydrogens (tertiary/aromatic N) is 6. The van der Waals surface area contributed by atoms with Crippen LogP contribution in [0.25, 0.3) is 0 Å². The van der Waals surface area contributed by atoms with Crippen LogP contribution in [0.3, 0.4) is 0 Å². The number of aromatic nitrogens is 6. The van der Waals surface area contributed by atoms with Gasteiger partial charge in [-0.1, -0.05) is 24.0 Å². The molecule has 0 fully saturated rings. The molecule has 0 spiro atoms. The Morgan fingerprint density at radius 2 is 1.17 bits per heavy atom. The van der Waals surface area contributed by atoms with Crippen LogP contribution in [0, 0.1) is 0 Å². The van der Waals surface area contributed by atoms with Gasteiger partial charge in [-0.15, -0.1) is 10.2 Å². The summed E-state index contributed by atoms with van der Waals surface area (Å²) in [4.78, 5) is 0. The van der Waals surface area contributed by atoms with Crippen LogP contribution in [0.1, 0.15) is 37.3 Å². The van der Waals surface area contributed by atoms with Crippen molar-refractivity contribution in [1.82, 2.24) is 29.7 Å². The van der Waals surface area contributed by atoms with Gasteiger partial charge >= 0.3 is 12.0 Å². The largest absolute Gasteiger partial charge is 0.478 e. The molecule has 2 aromatic heterocycles. The molecule has 0 saturated heterocycles. The van der Waals surface area contributed by atoms with Gasteiger partial charge in [0.05, 0.1) is 0 Å². The van der Waals surface area contributed by atoms with E-state index in [9.17, 15) is 10.2 Å². The van der Waals surface area contributed by atoms with Crippen LogP contribution in [-0.4, -0.2) is 40.0 Å². The fourth-order valence-electron chi connectivity index (χ4n) is 1.66. The molecule has 10 nitrogen and oxygen atoms in total. The van der Waals surface area contributed by atoms with Gasteiger partial charge in [0.25, 0.3) is 0 Å². The third-order valence-corrected chi connectivity index (χ3v) is 2.97. The van der Waals surface area contributed by atoms with Crippen LogP contribution < -0.4 is 11.7 Å². The molecule has 0 saturated carbocycles. The molecular formula is C8H14N8O2. The Hall–Kier alpha value is -2.52. The van der Waals surface area contributed by atoms with E-state index in [1.54, 1.807) is 0 Å². The molecule has 2 unspecified atom stereocenters. The van der Waals surface area contributed by atoms with Gasteiger partial charge in [0, 0.05) is 11.8 Å². The fraction of sp³-hybridized carbons (Fsp3) is 0.500. The van der Waals surface area contributed by atoms with Crippen LogP contribution >= 0.6 is 0 Å². The minimum absolute atomic E-state index is 0.228. The van der Waals surface area contributed by atoms with Crippen molar-refractivity contribution in [3.63, 3.8) is 0 Å². The van der Waals surface area contributed by atoms with Crippen LogP contribution in [0.5, 0.6) is 12.0 Å². The number of rotatable bonds is 3. The maximum Gasteiger partial charge on any atom is 0.333 e. The van der Waals surface area contributed by atoms with Crippen LogP contribution in [-0.2, 0) is 0 Å². The highest BCUT2D eigenvalue weighted by Gasteiger charge is 2.27. The molecule has 0 radical (unpaired) electrons. The van der Waals surface area contributed by atoms with Gasteiger partial charge in [-0.05, 0) is 0 Å². The van der Waals surface area contributed by atoms with Gasteiger partial charge in [-0.3, -0.25) is 0 Å². The first-order valence-corrected chi connectivity index (χ1v) is 5.22. The van der Waals surface area contributed by atoms with Crippen molar-refractivity contribution >= 4 is 0 Å². The molecule has 0 amide bonds. The molecule has 0 aliphatic carbocycles. The van der Waals surface area contributed by atoms with Crippen molar-refractivity contribution in [1.29, 1.82) is 0 Å². The number of nitrogens with two attached hydrogens (primary N) is 2. The molecule has 18 heavy (non-hydrogen) atoms. The predicted molar refractivity (Wildman–Crippen MR) is 60.5 cm³/mol. The van der Waals surface area contributed by atoms with Crippen molar-refractivity contribution in [2.24, 2.45) is 0 Å². The summed E-state index contributed by atoms with van der Waals surface area (Å²) >= 11 is 0. The number of aromatic hydroxyl groups is 2. The van der Waals surface area contributed by atoms with Gasteiger partial charge in [0.2, 0.25) is 0 Å². The highest BCUT2D eigenvalue weighted by molar-refractivity contribution is 5.13. The summed E-state index contributed by atoms with van der Waals surface area (Å²) in [5, 5.41) is 33.0. The molecule has 0 aromatic carbocycles. The van der Waals surface area contributed by atoms with Crippen LogP contribution in [0.2, 0.25) is 0 Å². The molecule has 0 aliphatic rings. The van der Waals surface area contributed by atoms with Gasteiger partial charge in [0.15, 0.2) is 11.6 Å². The Morgan fingerprint density at radius 3 is 1.39 bits per heavy atom. The van der Waals surface area contributed by atoms with E-state index in [2.05, 4.69) is 20.4 Å². The first-order chi connectivity index (χ1) is 8.43. The number of nitrogen functional groups attached to an aromatic ring is 2. The second-order valence-corrected chi connectivity index (χ2v) is 4.03. The van der Waals surface area contributed by atoms with Gasteiger partial charge in [-0.25, -0.2) is 0 Å². The van der Waals surface area contributed by atoms with E-state index >= 15 is 0 Å². The summed E-state index contributed by atoms with van der Waals surface area (Å²) in [7, 11) is 0. The highest BCUT2D eigenvalue weighted by Crippen LogP contribution is 2.30. The maximum absolute atomic E-state index is 9.27. The zero-order chi connectivity index (χ0) is 13.4. The Balaban J connectivity index is 2.32. The lowest BCUT2D eigenvalue weighted by Gasteiger charge is -2.17. The monoisotopic (exact) mass is 254 g/mol. The quantitative estimate of drug-likeness (QED) is 0.488. The van der Waals surface area contributed by atoms with Gasteiger partial charge in [0.1, 0.15) is 0 Å². The topological polar surface area (TPSA) is 154 Å². The SMILES string of the molecule is CC(c1nnc(O)n1N)C(C)c1nnc(O)n1N. The lowest BCUT2D eigenvalue weighted by Crippen LogP contribution is -2.21. The molecule has 6 N–H and O–H groups in total. The summed E-state index contributed by atoms with van der Waals surface area (Å²) in [6, 6.07) is -0.748. The van der Waals surface area contributed by atoms with E-state index < -0.39 is 0 Å². The normalized spacial score (nSPS) is 14.6. The van der Waals surface area contributed by atoms with Crippen molar-refractivity contribution < 1.29 is 10.2 Å². The minimum Gasteiger partial charge on any atom is -0.478 e. The molecule has 0 aliphatic heterocycles. The van der Waals surface area contributed by atoms with Crippen LogP contribution in [0.4, 0.5) is 0 Å². The lowest BCUT2D eigenvalue weighted by molar-refractivity contribution is 0.407. The van der Waals surface area contributed by atoms with E-state index in [1.165, 1.54) is 0 Å².